The maximum absolute atomic E-state index is 12.5. The molecule has 0 spiro atoms. The largest absolute Gasteiger partial charge is 0.480 e. The van der Waals surface area contributed by atoms with Gasteiger partial charge in [-0.1, -0.05) is 19.8 Å². The summed E-state index contributed by atoms with van der Waals surface area (Å²) >= 11 is 0. The van der Waals surface area contributed by atoms with E-state index in [9.17, 15) is 14.7 Å². The lowest BCUT2D eigenvalue weighted by atomic mass is 9.99. The second-order valence-corrected chi connectivity index (χ2v) is 4.99. The van der Waals surface area contributed by atoms with E-state index in [0.717, 1.165) is 19.3 Å². The zero-order chi connectivity index (χ0) is 13.8. The van der Waals surface area contributed by atoms with E-state index in [-0.39, 0.29) is 5.91 Å². The third-order valence-corrected chi connectivity index (χ3v) is 3.88. The number of methoxy groups -OCH3 is 1. The lowest BCUT2D eigenvalue weighted by Gasteiger charge is -2.35. The quantitative estimate of drug-likeness (QED) is 0.831. The van der Waals surface area contributed by atoms with Crippen LogP contribution in [0.5, 0.6) is 0 Å². The molecule has 0 saturated carbocycles. The van der Waals surface area contributed by atoms with Crippen molar-refractivity contribution in [1.82, 2.24) is 4.90 Å². The van der Waals surface area contributed by atoms with Crippen LogP contribution in [0.1, 0.15) is 46.0 Å². The van der Waals surface area contributed by atoms with Gasteiger partial charge in [0.2, 0.25) is 0 Å². The third kappa shape index (κ3) is 3.02. The summed E-state index contributed by atoms with van der Waals surface area (Å²) in [5, 5.41) is 9.26. The summed E-state index contributed by atoms with van der Waals surface area (Å²) < 4.78 is 5.29. The summed E-state index contributed by atoms with van der Waals surface area (Å²) in [4.78, 5) is 25.3. The number of carbonyl (C=O) groups excluding carboxylic acids is 1. The number of carboxylic acid groups (broad SMARTS) is 1. The number of rotatable bonds is 4. The number of ether oxygens (including phenoxy) is 1. The Labute approximate surface area is 108 Å². The Hall–Kier alpha value is -1.10. The molecule has 0 bridgehead atoms. The van der Waals surface area contributed by atoms with Gasteiger partial charge >= 0.3 is 5.97 Å². The van der Waals surface area contributed by atoms with Gasteiger partial charge in [-0.05, 0) is 26.2 Å². The molecule has 1 rings (SSSR count). The van der Waals surface area contributed by atoms with Crippen molar-refractivity contribution < 1.29 is 19.4 Å². The van der Waals surface area contributed by atoms with Crippen LogP contribution in [0.15, 0.2) is 0 Å². The molecular weight excluding hydrogens is 234 g/mol. The highest BCUT2D eigenvalue weighted by atomic mass is 16.5. The maximum atomic E-state index is 12.5. The van der Waals surface area contributed by atoms with Crippen LogP contribution in [0.4, 0.5) is 0 Å². The van der Waals surface area contributed by atoms with Gasteiger partial charge < -0.3 is 14.7 Å². The molecule has 0 aromatic heterocycles. The Morgan fingerprint density at radius 1 is 1.39 bits per heavy atom. The zero-order valence-electron chi connectivity index (χ0n) is 11.4. The molecule has 1 amide bonds. The molecule has 1 saturated heterocycles. The summed E-state index contributed by atoms with van der Waals surface area (Å²) in [5.74, 6) is -1.12. The fourth-order valence-electron chi connectivity index (χ4n) is 2.29. The van der Waals surface area contributed by atoms with Crippen molar-refractivity contribution in [3.8, 4) is 0 Å². The van der Waals surface area contributed by atoms with Gasteiger partial charge in [-0.25, -0.2) is 4.79 Å². The zero-order valence-corrected chi connectivity index (χ0v) is 11.4. The van der Waals surface area contributed by atoms with Crippen LogP contribution in [-0.2, 0) is 14.3 Å². The first-order valence-electron chi connectivity index (χ1n) is 6.55. The minimum atomic E-state index is -0.919. The second kappa shape index (κ2) is 6.18. The van der Waals surface area contributed by atoms with Crippen LogP contribution in [-0.4, -0.2) is 47.2 Å². The molecule has 0 aliphatic carbocycles. The highest BCUT2D eigenvalue weighted by Crippen LogP contribution is 2.24. The van der Waals surface area contributed by atoms with Gasteiger partial charge in [0.15, 0.2) is 0 Å². The summed E-state index contributed by atoms with van der Waals surface area (Å²) in [6, 6.07) is -0.707. The van der Waals surface area contributed by atoms with Gasteiger partial charge in [-0.2, -0.15) is 0 Å². The Bertz CT molecular complexity index is 312. The van der Waals surface area contributed by atoms with E-state index >= 15 is 0 Å². The van der Waals surface area contributed by atoms with Crippen molar-refractivity contribution in [3.63, 3.8) is 0 Å². The average molecular weight is 257 g/mol. The van der Waals surface area contributed by atoms with E-state index in [1.54, 1.807) is 6.92 Å². The normalized spacial score (nSPS) is 24.2. The van der Waals surface area contributed by atoms with E-state index in [2.05, 4.69) is 0 Å². The second-order valence-electron chi connectivity index (χ2n) is 4.99. The lowest BCUT2D eigenvalue weighted by molar-refractivity contribution is -0.162. The van der Waals surface area contributed by atoms with Crippen LogP contribution in [0, 0.1) is 0 Å². The molecular formula is C13H23NO4. The molecule has 0 aromatic rings. The Morgan fingerprint density at radius 3 is 2.56 bits per heavy atom. The molecule has 5 heteroatoms. The Kier molecular flexibility index (Phi) is 5.14. The van der Waals surface area contributed by atoms with E-state index in [1.807, 2.05) is 6.92 Å². The van der Waals surface area contributed by atoms with Gasteiger partial charge in [0.1, 0.15) is 11.6 Å². The number of likely N-dealkylation sites (tertiary alicyclic amines) is 1. The lowest BCUT2D eigenvalue weighted by Crippen LogP contribution is -2.54. The van der Waals surface area contributed by atoms with Gasteiger partial charge in [-0.15, -0.1) is 0 Å². The minimum Gasteiger partial charge on any atom is -0.480 e. The summed E-state index contributed by atoms with van der Waals surface area (Å²) in [6.45, 7) is 4.10. The number of aliphatic carboxylic acids is 1. The molecule has 1 heterocycles. The summed E-state index contributed by atoms with van der Waals surface area (Å²) in [6.07, 6.45) is 3.76. The van der Waals surface area contributed by atoms with Crippen molar-refractivity contribution in [2.75, 3.05) is 13.7 Å². The van der Waals surface area contributed by atoms with Crippen molar-refractivity contribution in [3.05, 3.63) is 0 Å². The first-order valence-corrected chi connectivity index (χ1v) is 6.55. The van der Waals surface area contributed by atoms with E-state index in [0.29, 0.717) is 19.4 Å². The molecule has 1 N–H and O–H groups in total. The van der Waals surface area contributed by atoms with Crippen molar-refractivity contribution in [2.24, 2.45) is 0 Å². The standard InChI is InChI=1S/C13H23NO4/c1-4-13(2,18-3)12(17)14-9-7-5-6-8-10(14)11(15)16/h10H,4-9H2,1-3H3,(H,15,16). The highest BCUT2D eigenvalue weighted by Gasteiger charge is 2.40. The predicted molar refractivity (Wildman–Crippen MR) is 67.3 cm³/mol. The van der Waals surface area contributed by atoms with E-state index in [4.69, 9.17) is 4.74 Å². The van der Waals surface area contributed by atoms with Gasteiger partial charge in [0, 0.05) is 13.7 Å². The van der Waals surface area contributed by atoms with Gasteiger partial charge in [-0.3, -0.25) is 4.79 Å². The number of carbonyl (C=O) groups is 2. The van der Waals surface area contributed by atoms with E-state index < -0.39 is 17.6 Å². The van der Waals surface area contributed by atoms with Gasteiger partial charge in [0.05, 0.1) is 0 Å². The number of nitrogens with zero attached hydrogens (tertiary/aromatic N) is 1. The summed E-state index contributed by atoms with van der Waals surface area (Å²) in [7, 11) is 1.50. The Morgan fingerprint density at radius 2 is 2.06 bits per heavy atom. The van der Waals surface area contributed by atoms with Crippen LogP contribution in [0.3, 0.4) is 0 Å². The number of amides is 1. The molecule has 18 heavy (non-hydrogen) atoms. The molecule has 1 aliphatic heterocycles. The SMILES string of the molecule is CCC(C)(OC)C(=O)N1CCCCCC1C(=O)O. The highest BCUT2D eigenvalue weighted by molar-refractivity contribution is 5.89. The molecule has 2 atom stereocenters. The fraction of sp³-hybridized carbons (Fsp3) is 0.846. The molecule has 5 nitrogen and oxygen atoms in total. The molecule has 1 aliphatic rings. The number of carboxylic acids is 1. The van der Waals surface area contributed by atoms with Crippen molar-refractivity contribution >= 4 is 11.9 Å². The fourth-order valence-corrected chi connectivity index (χ4v) is 2.29. The maximum Gasteiger partial charge on any atom is 0.326 e. The smallest absolute Gasteiger partial charge is 0.326 e. The van der Waals surface area contributed by atoms with Crippen LogP contribution in [0.25, 0.3) is 0 Å². The average Bonchev–Trinajstić information content (AvgIpc) is 2.62. The number of hydrogen-bond donors (Lipinski definition) is 1. The number of hydrogen-bond acceptors (Lipinski definition) is 3. The third-order valence-electron chi connectivity index (χ3n) is 3.88. The van der Waals surface area contributed by atoms with Crippen LogP contribution >= 0.6 is 0 Å². The predicted octanol–water partition coefficient (Wildman–Crippen LogP) is 1.66. The van der Waals surface area contributed by atoms with Crippen molar-refractivity contribution in [2.45, 2.75) is 57.6 Å². The van der Waals surface area contributed by atoms with Crippen molar-refractivity contribution in [1.29, 1.82) is 0 Å². The molecule has 2 unspecified atom stereocenters. The summed E-state index contributed by atoms with van der Waals surface area (Å²) in [5.41, 5.74) is -0.919. The molecule has 104 valence electrons. The van der Waals surface area contributed by atoms with Crippen LogP contribution in [0.2, 0.25) is 0 Å². The molecule has 1 fully saturated rings. The Balaban J connectivity index is 2.94. The monoisotopic (exact) mass is 257 g/mol. The first kappa shape index (κ1) is 15.0. The van der Waals surface area contributed by atoms with E-state index in [1.165, 1.54) is 12.0 Å². The molecule has 0 radical (unpaired) electrons. The topological polar surface area (TPSA) is 66.8 Å². The van der Waals surface area contributed by atoms with Gasteiger partial charge in [0.25, 0.3) is 5.91 Å². The first-order chi connectivity index (χ1) is 8.46. The molecule has 0 aromatic carbocycles. The minimum absolute atomic E-state index is 0.207. The van der Waals surface area contributed by atoms with Crippen LogP contribution < -0.4 is 0 Å².